The Morgan fingerprint density at radius 2 is 0.537 bits per heavy atom. The third kappa shape index (κ3) is 65.9. The normalized spacial score (nSPS) is 16.8. The molecule has 826 valence electrons. The van der Waals surface area contributed by atoms with Crippen molar-refractivity contribution in [3.8, 4) is 0 Å². The summed E-state index contributed by atoms with van der Waals surface area (Å²) >= 11 is 0.0344. The number of nitrogens with zero attached hydrogens (tertiary/aromatic N) is 17. The summed E-state index contributed by atoms with van der Waals surface area (Å²) in [6.07, 6.45) is 0. The van der Waals surface area contributed by atoms with Gasteiger partial charge in [0.2, 0.25) is 0 Å². The van der Waals surface area contributed by atoms with Crippen molar-refractivity contribution in [3.63, 3.8) is 0 Å². The van der Waals surface area contributed by atoms with Crippen LogP contribution in [-0.2, 0) is 20.3 Å². The first-order valence-corrected chi connectivity index (χ1v) is 73.9. The summed E-state index contributed by atoms with van der Waals surface area (Å²) in [6, 6.07) is 0. The van der Waals surface area contributed by atoms with Crippen LogP contribution in [0.4, 0.5) is 0 Å². The molecule has 16 atom stereocenters. The Morgan fingerprint density at radius 1 is 0.324 bits per heavy atom. The predicted octanol–water partition coefficient (Wildman–Crippen LogP) is 8.29. The molecule has 0 aromatic heterocycles. The molecule has 16 unspecified atom stereocenters. The summed E-state index contributed by atoms with van der Waals surface area (Å²) in [5.41, 5.74) is -2.18. The second-order valence-electron chi connectivity index (χ2n) is 43.1. The molecule has 25 nitrogen and oxygen atoms in total. The van der Waals surface area contributed by atoms with E-state index in [1.54, 1.807) is 33.7 Å². The Balaban J connectivity index is -0.0000000814. The molecule has 136 heavy (non-hydrogen) atoms. The molecule has 0 aliphatic heterocycles. The quantitative estimate of drug-likeness (QED) is 0.0562. The van der Waals surface area contributed by atoms with E-state index in [1.165, 1.54) is 46.9 Å². The first-order valence-electron chi connectivity index (χ1n) is 46.2. The van der Waals surface area contributed by atoms with Crippen LogP contribution >= 0.6 is 0 Å². The smallest absolute Gasteiger partial charge is 0 e. The molecule has 0 amide bonds. The van der Waals surface area contributed by atoms with Crippen LogP contribution in [-0.4, -0.2) is 753 Å². The number of hydrogen-bond acceptors (Lipinski definition) is 25. The molecule has 0 aliphatic carbocycles. The van der Waals surface area contributed by atoms with Crippen LogP contribution in [0.5, 0.6) is 0 Å². The first-order chi connectivity index (χ1) is 57.5. The molecule has 0 fully saturated rings. The number of aliphatic hydroxyl groups is 2. The molecule has 0 heterocycles. The van der Waals surface area contributed by atoms with Gasteiger partial charge < -0.3 is 10.2 Å². The Labute approximate surface area is 1080 Å². The van der Waals surface area contributed by atoms with Gasteiger partial charge >= 0.3 is 905 Å². The van der Waals surface area contributed by atoms with E-state index in [1.807, 2.05) is 89.2 Å². The van der Waals surface area contributed by atoms with Crippen LogP contribution in [0, 0.1) is 94.7 Å². The van der Waals surface area contributed by atoms with Gasteiger partial charge in [0.05, 0.1) is 11.2 Å². The zero-order valence-electron chi connectivity index (χ0n) is 101. The van der Waals surface area contributed by atoms with E-state index in [0.29, 0.717) is 71.0 Å². The zero-order chi connectivity index (χ0) is 107. The van der Waals surface area contributed by atoms with E-state index in [-0.39, 0.29) is 245 Å². The van der Waals surface area contributed by atoms with E-state index >= 15 is 0 Å². The van der Waals surface area contributed by atoms with Crippen molar-refractivity contribution in [2.45, 2.75) is 276 Å². The van der Waals surface area contributed by atoms with Crippen molar-refractivity contribution in [2.75, 3.05) is 240 Å². The summed E-state index contributed by atoms with van der Waals surface area (Å²) in [7, 11) is 73.2. The van der Waals surface area contributed by atoms with Crippen molar-refractivity contribution in [3.05, 3.63) is 0 Å². The Bertz CT molecular complexity index is 2570. The third-order valence-electron chi connectivity index (χ3n) is 28.0. The van der Waals surface area contributed by atoms with Gasteiger partial charge in [0.25, 0.3) is 0 Å². The summed E-state index contributed by atoms with van der Waals surface area (Å²) in [5, 5.41) is 20.5. The van der Waals surface area contributed by atoms with Crippen LogP contribution in [0.2, 0.25) is 9.94 Å². The van der Waals surface area contributed by atoms with E-state index < -0.39 is 96.9 Å². The van der Waals surface area contributed by atoms with Gasteiger partial charge in [-0.05, 0) is 44.4 Å². The summed E-state index contributed by atoms with van der Waals surface area (Å²) in [5.74, 6) is 6.44. The molecule has 44 heteroatoms. The molecule has 0 aromatic rings. The molecular weight excluding hydrogens is 3590 g/mol. The fourth-order valence-electron chi connectivity index (χ4n) is 16.9. The van der Waals surface area contributed by atoms with Crippen LogP contribution in [0.25, 0.3) is 0 Å². The van der Waals surface area contributed by atoms with Gasteiger partial charge in [-0.2, -0.15) is 0 Å². The van der Waals surface area contributed by atoms with Crippen molar-refractivity contribution < 1.29 is 30.6 Å². The van der Waals surface area contributed by atoms with Crippen molar-refractivity contribution in [2.24, 2.45) is 94.7 Å². The molecule has 0 saturated carbocycles. The number of rotatable bonds is 45. The van der Waals surface area contributed by atoms with Gasteiger partial charge in [0, 0.05) is 94.7 Å². The summed E-state index contributed by atoms with van der Waals surface area (Å²) in [6.45, 7) is 70.5. The second kappa shape index (κ2) is 90.4. The fraction of sp³-hybridized carbons (Fsp3) is 1.00. The Kier molecular flexibility index (Phi) is 124. The van der Waals surface area contributed by atoms with Gasteiger partial charge in [-0.15, -0.1) is 0 Å². The minimum atomic E-state index is -3.10. The Hall–Kier alpha value is 12.9. The summed E-state index contributed by atoms with van der Waals surface area (Å²) in [4.78, 5) is 4.02. The van der Waals surface area contributed by atoms with Crippen LogP contribution in [0.3, 0.4) is 0 Å². The van der Waals surface area contributed by atoms with Crippen molar-refractivity contribution in [1.82, 2.24) is 60.0 Å². The molecule has 0 aliphatic rings. The van der Waals surface area contributed by atoms with Crippen molar-refractivity contribution >= 4 is 399 Å². The average molecular weight is 3820 g/mol. The topological polar surface area (TPSA) is 151 Å². The van der Waals surface area contributed by atoms with Crippen LogP contribution in [0.15, 0.2) is 0 Å². The summed E-state index contributed by atoms with van der Waals surface area (Å²) < 4.78 is 77.0. The third-order valence-corrected chi connectivity index (χ3v) is 70.3. The molecule has 0 saturated heterocycles. The maximum absolute atomic E-state index is 10.5. The fourth-order valence-corrected chi connectivity index (χ4v) is 56.2. The van der Waals surface area contributed by atoms with E-state index in [0.717, 1.165) is 0 Å². The van der Waals surface area contributed by atoms with Gasteiger partial charge in [0.15, 0.2) is 0 Å². The SMILES string of the molecule is CC(C(C)C(C)(C)O)C(C)C(C)(O)C(C)C.CC(C(C)C(C)(C)[O][Ge]([N](C)C)([N](C)C)[N](C)C)C(C)C(C)([O][Sb]([N](C)C)[N](C)C)C(C)C.CC(C(C)C(C)(C)[O][Ge])C(C)C(C)([O][Sb])C(C)C.CC(C(C)C(C)(C)[O][Ge])C(C)C(C)([O][Sb])C(C)C.C[N](C)[Ge]([N](C)C)([N](C)C)[N](C)C.C[N](C)[Ge]([N](C)C)[N](C)C.C[N](C)[Sb]([N](C)C)[N](C)C.C[N](C)[Sb][N](C)C.C[Te].C[Te].[TeH2].[TeH].[TeH].[Te].[Te].[Te].[Te]. The largest absolute Gasteiger partial charge is 0 e. The van der Waals surface area contributed by atoms with Gasteiger partial charge in [-0.1, -0.05) is 34.6 Å². The molecule has 0 rings (SSSR count). The maximum Gasteiger partial charge on any atom is 0 e. The predicted molar refractivity (Wildman–Crippen MR) is 630 cm³/mol. The average Bonchev–Trinajstić information content (AvgIpc) is 0.766. The molecule has 0 aromatic carbocycles. The second-order valence-corrected chi connectivity index (χ2v) is 90.4. The van der Waals surface area contributed by atoms with Gasteiger partial charge in [-0.25, -0.2) is 0 Å². The monoisotopic (exact) mass is 3840 g/mol. The van der Waals surface area contributed by atoms with E-state index in [2.05, 4.69) is 487 Å². The van der Waals surface area contributed by atoms with Crippen LogP contribution < -0.4 is 0 Å². The number of hydrogen-bond donors (Lipinski definition) is 2. The molecule has 0 bridgehead atoms. The maximum atomic E-state index is 10.5. The van der Waals surface area contributed by atoms with Gasteiger partial charge in [0.1, 0.15) is 0 Å². The zero-order valence-corrected chi connectivity index (χ0v) is 146. The minimum Gasteiger partial charge on any atom is 0 e. The van der Waals surface area contributed by atoms with Crippen molar-refractivity contribution in [1.29, 1.82) is 0 Å². The molecular formula is C92H226Ge5N17O8Sb5Te9. The molecule has 24 radical (unpaired) electrons. The molecule has 0 spiro atoms. The first kappa shape index (κ1) is 187. The van der Waals surface area contributed by atoms with Crippen LogP contribution in [0.1, 0.15) is 222 Å². The molecule has 2 N–H and O–H groups in total. The minimum absolute atomic E-state index is 0. The van der Waals surface area contributed by atoms with E-state index in [9.17, 15) is 10.2 Å². The van der Waals surface area contributed by atoms with Gasteiger partial charge in [-0.3, -0.25) is 0 Å². The van der Waals surface area contributed by atoms with E-state index in [4.69, 9.17) is 20.3 Å². The Morgan fingerprint density at radius 3 is 0.662 bits per heavy atom. The standard InChI is InChI=1S/C20H46GeN3O2.2C14H28GeO2.C14H30O2.C8H24GeN4.C6H18GeN3.7C2H6N.2CH3Te.5Sb.H2Te.2HTe.4Te/c1-15(2)20(8,25)18(5)16(3)17(4)19(6,7)26-21(22(9)10,23(11)12)24(13)14;2*1-9(2)14(8,16)12(5)10(3)11(4)13(6,7)17-15;1-9(2)14(8,16)12(5)10(3)11(4)13(6,7)15;1-10(2)9(11(3)4,12(5)6)13(7)8;1-8(2)7(9(3)4)10(5)6;7*1-3-2;2*1-2;;;;;;;;;;;;/h15-18H,1-14H3;2*9-12H,1-8H3;9-12,15-16H,1-8H3;1-8H3;1-6H3;7*1-2H3;2*1H3;;;;;;1H2;2*1H;;;;/q3*-1;;;;7*-1;;;2*+1;+2;2*+3;;;;;;;.